The summed E-state index contributed by atoms with van der Waals surface area (Å²) in [6, 6.07) is 9.17. The van der Waals surface area contributed by atoms with Gasteiger partial charge in [-0.25, -0.2) is 9.18 Å². The van der Waals surface area contributed by atoms with Crippen molar-refractivity contribution in [3.05, 3.63) is 53.3 Å². The molecule has 2 aromatic rings. The van der Waals surface area contributed by atoms with Crippen molar-refractivity contribution in [3.8, 4) is 17.2 Å². The molecule has 0 fully saturated rings. The maximum atomic E-state index is 14.2. The van der Waals surface area contributed by atoms with Crippen LogP contribution in [0.5, 0.6) is 17.2 Å². The van der Waals surface area contributed by atoms with Gasteiger partial charge < -0.3 is 18.9 Å². The number of ether oxygens (including phenoxy) is 4. The molecule has 0 atom stereocenters. The Kier molecular flexibility index (Phi) is 7.80. The predicted molar refractivity (Wildman–Crippen MR) is 110 cm³/mol. The highest BCUT2D eigenvalue weighted by Gasteiger charge is 2.18. The summed E-state index contributed by atoms with van der Waals surface area (Å²) in [6.07, 6.45) is 0.504. The van der Waals surface area contributed by atoms with E-state index in [-0.39, 0.29) is 30.1 Å². The minimum Gasteiger partial charge on any atom is -0.493 e. The molecule has 2 aromatic carbocycles. The molecule has 0 saturated carbocycles. The van der Waals surface area contributed by atoms with Gasteiger partial charge in [0.2, 0.25) is 0 Å². The van der Waals surface area contributed by atoms with E-state index in [4.69, 9.17) is 18.9 Å². The number of ketones is 1. The van der Waals surface area contributed by atoms with Crippen LogP contribution in [0.1, 0.15) is 43.1 Å². The Hall–Kier alpha value is -3.09. The first kappa shape index (κ1) is 23.2. The van der Waals surface area contributed by atoms with E-state index >= 15 is 0 Å². The van der Waals surface area contributed by atoms with Gasteiger partial charge in [-0.1, -0.05) is 6.07 Å². The third kappa shape index (κ3) is 6.76. The first-order valence-electron chi connectivity index (χ1n) is 9.51. The number of carbonyl (C=O) groups is 2. The predicted octanol–water partition coefficient (Wildman–Crippen LogP) is 4.38. The lowest BCUT2D eigenvalue weighted by Gasteiger charge is -2.19. The number of benzene rings is 2. The molecule has 0 aromatic heterocycles. The zero-order valence-corrected chi connectivity index (χ0v) is 17.9. The number of aryl methyl sites for hydroxylation is 1. The van der Waals surface area contributed by atoms with Crippen molar-refractivity contribution in [2.45, 2.75) is 39.2 Å². The molecule has 0 unspecified atom stereocenters. The van der Waals surface area contributed by atoms with Gasteiger partial charge in [-0.15, -0.1) is 0 Å². The number of hydrogen-bond donors (Lipinski definition) is 0. The van der Waals surface area contributed by atoms with Crippen LogP contribution in [0.2, 0.25) is 0 Å². The van der Waals surface area contributed by atoms with Crippen LogP contribution in [-0.2, 0) is 16.0 Å². The van der Waals surface area contributed by atoms with Gasteiger partial charge in [0.1, 0.15) is 17.2 Å². The topological polar surface area (TPSA) is 71.1 Å². The van der Waals surface area contributed by atoms with Crippen molar-refractivity contribution >= 4 is 11.8 Å². The zero-order valence-electron chi connectivity index (χ0n) is 17.9. The molecule has 0 N–H and O–H groups in total. The molecule has 2 rings (SSSR count). The van der Waals surface area contributed by atoms with Crippen molar-refractivity contribution in [3.63, 3.8) is 0 Å². The van der Waals surface area contributed by atoms with Crippen LogP contribution in [0, 0.1) is 5.82 Å². The van der Waals surface area contributed by atoms with Crippen molar-refractivity contribution < 1.29 is 32.9 Å². The molecule has 0 saturated heterocycles. The first-order valence-corrected chi connectivity index (χ1v) is 9.51. The Bertz CT molecular complexity index is 901. The zero-order chi connectivity index (χ0) is 22.3. The molecule has 0 bridgehead atoms. The normalized spacial score (nSPS) is 11.0. The molecule has 0 aliphatic rings. The third-order valence-electron chi connectivity index (χ3n) is 4.10. The highest BCUT2D eigenvalue weighted by Crippen LogP contribution is 2.28. The number of carbonyl (C=O) groups excluding carboxylic acids is 2. The minimum absolute atomic E-state index is 0.0860. The molecule has 162 valence electrons. The maximum Gasteiger partial charge on any atom is 0.344 e. The molecule has 30 heavy (non-hydrogen) atoms. The second-order valence-electron chi connectivity index (χ2n) is 7.63. The van der Waals surface area contributed by atoms with Crippen LogP contribution in [-0.4, -0.2) is 38.2 Å². The fourth-order valence-corrected chi connectivity index (χ4v) is 2.75. The van der Waals surface area contributed by atoms with Gasteiger partial charge in [0.05, 0.1) is 19.8 Å². The molecule has 7 heteroatoms. The average Bonchev–Trinajstić information content (AvgIpc) is 2.69. The van der Waals surface area contributed by atoms with E-state index in [0.29, 0.717) is 17.9 Å². The second-order valence-corrected chi connectivity index (χ2v) is 7.63. The standard InChI is InChI=1S/C23H27FO6/c1-23(2,3)30-22(26)14-29-16-8-9-18(24)17(13-16)19(25)10-6-15-7-11-20(27-4)21(12-15)28-5/h7-9,11-13H,6,10,14H2,1-5H3. The monoisotopic (exact) mass is 418 g/mol. The van der Waals surface area contributed by atoms with E-state index in [0.717, 1.165) is 11.6 Å². The van der Waals surface area contributed by atoms with E-state index in [9.17, 15) is 14.0 Å². The Balaban J connectivity index is 2.02. The van der Waals surface area contributed by atoms with Crippen molar-refractivity contribution in [1.82, 2.24) is 0 Å². The van der Waals surface area contributed by atoms with Gasteiger partial charge in [-0.2, -0.15) is 0 Å². The van der Waals surface area contributed by atoms with Crippen LogP contribution in [0.25, 0.3) is 0 Å². The van der Waals surface area contributed by atoms with Gasteiger partial charge in [0, 0.05) is 6.42 Å². The van der Waals surface area contributed by atoms with Crippen molar-refractivity contribution in [2.24, 2.45) is 0 Å². The Morgan fingerprint density at radius 3 is 2.30 bits per heavy atom. The molecule has 0 radical (unpaired) electrons. The first-order chi connectivity index (χ1) is 14.1. The van der Waals surface area contributed by atoms with E-state index in [2.05, 4.69) is 0 Å². The molecular formula is C23H27FO6. The van der Waals surface area contributed by atoms with E-state index in [1.54, 1.807) is 40.0 Å². The van der Waals surface area contributed by atoms with Crippen LogP contribution in [0.3, 0.4) is 0 Å². The number of halogens is 1. The van der Waals surface area contributed by atoms with Crippen LogP contribution < -0.4 is 14.2 Å². The van der Waals surface area contributed by atoms with Crippen LogP contribution >= 0.6 is 0 Å². The van der Waals surface area contributed by atoms with E-state index in [1.807, 2.05) is 6.07 Å². The third-order valence-corrected chi connectivity index (χ3v) is 4.10. The quantitative estimate of drug-likeness (QED) is 0.445. The average molecular weight is 418 g/mol. The lowest BCUT2D eigenvalue weighted by atomic mass is 10.0. The molecule has 0 spiro atoms. The van der Waals surface area contributed by atoms with Crippen LogP contribution in [0.15, 0.2) is 36.4 Å². The Morgan fingerprint density at radius 2 is 1.67 bits per heavy atom. The van der Waals surface area contributed by atoms with Gasteiger partial charge >= 0.3 is 5.97 Å². The number of hydrogen-bond acceptors (Lipinski definition) is 6. The summed E-state index contributed by atoms with van der Waals surface area (Å²) in [5, 5.41) is 0. The van der Waals surface area contributed by atoms with Gasteiger partial charge in [0.15, 0.2) is 23.9 Å². The number of Topliss-reactive ketones (excluding diaryl/α,β-unsaturated/α-hetero) is 1. The lowest BCUT2D eigenvalue weighted by Crippen LogP contribution is -2.27. The molecular weight excluding hydrogens is 391 g/mol. The molecule has 0 heterocycles. The van der Waals surface area contributed by atoms with Crippen LogP contribution in [0.4, 0.5) is 4.39 Å². The lowest BCUT2D eigenvalue weighted by molar-refractivity contribution is -0.157. The summed E-state index contributed by atoms with van der Waals surface area (Å²) >= 11 is 0. The SMILES string of the molecule is COc1ccc(CCC(=O)c2cc(OCC(=O)OC(C)(C)C)ccc2F)cc1OC. The van der Waals surface area contributed by atoms with Crippen molar-refractivity contribution in [1.29, 1.82) is 0 Å². The highest BCUT2D eigenvalue weighted by molar-refractivity contribution is 5.96. The van der Waals surface area contributed by atoms with Crippen molar-refractivity contribution in [2.75, 3.05) is 20.8 Å². The largest absolute Gasteiger partial charge is 0.493 e. The summed E-state index contributed by atoms with van der Waals surface area (Å²) in [7, 11) is 3.08. The number of methoxy groups -OCH3 is 2. The van der Waals surface area contributed by atoms with Gasteiger partial charge in [-0.3, -0.25) is 4.79 Å². The Morgan fingerprint density at radius 1 is 0.967 bits per heavy atom. The van der Waals surface area contributed by atoms with E-state index in [1.165, 1.54) is 19.2 Å². The number of rotatable bonds is 9. The van der Waals surface area contributed by atoms with Gasteiger partial charge in [0.25, 0.3) is 0 Å². The summed E-state index contributed by atoms with van der Waals surface area (Å²) in [5.74, 6) is -0.188. The Labute approximate surface area is 175 Å². The minimum atomic E-state index is -0.642. The fourth-order valence-electron chi connectivity index (χ4n) is 2.75. The summed E-state index contributed by atoms with van der Waals surface area (Å²) in [4.78, 5) is 24.3. The highest BCUT2D eigenvalue weighted by atomic mass is 19.1. The summed E-state index contributed by atoms with van der Waals surface area (Å²) in [6.45, 7) is 4.91. The second kappa shape index (κ2) is 10.1. The molecule has 0 aliphatic carbocycles. The summed E-state index contributed by atoms with van der Waals surface area (Å²) in [5.41, 5.74) is 0.144. The number of esters is 1. The van der Waals surface area contributed by atoms with E-state index < -0.39 is 17.4 Å². The molecule has 6 nitrogen and oxygen atoms in total. The maximum absolute atomic E-state index is 14.2. The molecule has 0 aliphatic heterocycles. The molecule has 0 amide bonds. The summed E-state index contributed by atoms with van der Waals surface area (Å²) < 4.78 is 35.1. The van der Waals surface area contributed by atoms with Gasteiger partial charge in [-0.05, 0) is 63.1 Å². The smallest absolute Gasteiger partial charge is 0.344 e. The fraction of sp³-hybridized carbons (Fsp3) is 0.391.